The first kappa shape index (κ1) is 28.6. The summed E-state index contributed by atoms with van der Waals surface area (Å²) >= 11 is 6.48. The van der Waals surface area contributed by atoms with Crippen molar-refractivity contribution in [3.8, 4) is 11.1 Å². The number of aryl methyl sites for hydroxylation is 2. The van der Waals surface area contributed by atoms with E-state index in [2.05, 4.69) is 68.5 Å². The second-order valence-corrected chi connectivity index (χ2v) is 11.4. The van der Waals surface area contributed by atoms with E-state index < -0.39 is 0 Å². The van der Waals surface area contributed by atoms with Gasteiger partial charge in [-0.15, -0.1) is 0 Å². The van der Waals surface area contributed by atoms with Crippen LogP contribution in [0.1, 0.15) is 113 Å². The van der Waals surface area contributed by atoms with Gasteiger partial charge in [-0.1, -0.05) is 131 Å². The van der Waals surface area contributed by atoms with Crippen LogP contribution in [0.15, 0.2) is 66.7 Å². The molecule has 0 amide bonds. The molecule has 2 heteroatoms. The number of rotatable bonds is 13. The monoisotopic (exact) mass is 530 g/mol. The molecule has 0 nitrogen and oxygen atoms in total. The number of hydrogen-bond donors (Lipinski definition) is 0. The Balaban J connectivity index is 1.35. The maximum Gasteiger partial charge on any atom is 0.149 e. The number of hydrogen-bond acceptors (Lipinski definition) is 0. The smallest absolute Gasteiger partial charge is 0.149 e. The molecule has 0 heterocycles. The van der Waals surface area contributed by atoms with Gasteiger partial charge in [0.25, 0.3) is 0 Å². The summed E-state index contributed by atoms with van der Waals surface area (Å²) in [4.78, 5) is 0. The molecule has 0 aromatic heterocycles. The average molecular weight is 531 g/mol. The van der Waals surface area contributed by atoms with Crippen LogP contribution in [0, 0.1) is 5.82 Å². The van der Waals surface area contributed by atoms with Gasteiger partial charge < -0.3 is 0 Å². The third-order valence-electron chi connectivity index (χ3n) is 8.21. The molecule has 0 saturated heterocycles. The van der Waals surface area contributed by atoms with Crippen molar-refractivity contribution in [1.29, 1.82) is 0 Å². The largest absolute Gasteiger partial charge is 0.205 e. The van der Waals surface area contributed by atoms with Crippen LogP contribution in [0.2, 0.25) is 5.02 Å². The fraction of sp³-hybridized carbons (Fsp3) is 0.444. The van der Waals surface area contributed by atoms with E-state index >= 15 is 4.39 Å². The molecule has 202 valence electrons. The summed E-state index contributed by atoms with van der Waals surface area (Å²) in [5, 5.41) is 0.325. The van der Waals surface area contributed by atoms with Crippen molar-refractivity contribution in [3.05, 3.63) is 99.8 Å². The van der Waals surface area contributed by atoms with E-state index in [1.807, 2.05) is 12.1 Å². The third-order valence-corrected chi connectivity index (χ3v) is 8.62. The molecule has 1 unspecified atom stereocenters. The number of allylic oxidation sites excluding steroid dienone is 2. The molecule has 0 radical (unpaired) electrons. The van der Waals surface area contributed by atoms with E-state index in [9.17, 15) is 0 Å². The van der Waals surface area contributed by atoms with Crippen LogP contribution < -0.4 is 0 Å². The molecule has 38 heavy (non-hydrogen) atoms. The van der Waals surface area contributed by atoms with Crippen molar-refractivity contribution < 1.29 is 4.39 Å². The van der Waals surface area contributed by atoms with Gasteiger partial charge in [0.15, 0.2) is 0 Å². The lowest BCUT2D eigenvalue weighted by Crippen LogP contribution is -2.05. The fourth-order valence-corrected chi connectivity index (χ4v) is 5.98. The summed E-state index contributed by atoms with van der Waals surface area (Å²) < 4.78 is 15.2. The Bertz CT molecular complexity index is 1170. The van der Waals surface area contributed by atoms with E-state index in [4.69, 9.17) is 11.6 Å². The van der Waals surface area contributed by atoms with Gasteiger partial charge in [-0.3, -0.25) is 0 Å². The topological polar surface area (TPSA) is 0 Å². The molecule has 1 aliphatic rings. The standard InChI is InChI=1S/C36H44ClF/c1-3-5-7-8-10-12-33-25-26-34(36(38)35(33)37)32-23-21-31(22-24-32)30-19-17-29(18-20-30)28-15-13-27(14-16-28)11-9-6-4-2/h13-20,23,25-26,31H,3-12,21-22,24H2,1-2H3. The Morgan fingerprint density at radius 2 is 1.37 bits per heavy atom. The molecule has 3 aromatic carbocycles. The highest BCUT2D eigenvalue weighted by atomic mass is 35.5. The molecule has 0 spiro atoms. The lowest BCUT2D eigenvalue weighted by Gasteiger charge is -2.23. The predicted molar refractivity (Wildman–Crippen MR) is 164 cm³/mol. The van der Waals surface area contributed by atoms with Crippen LogP contribution in [-0.2, 0) is 12.8 Å². The van der Waals surface area contributed by atoms with Crippen LogP contribution in [-0.4, -0.2) is 0 Å². The van der Waals surface area contributed by atoms with E-state index in [0.717, 1.165) is 43.2 Å². The zero-order chi connectivity index (χ0) is 26.7. The highest BCUT2D eigenvalue weighted by molar-refractivity contribution is 6.31. The number of halogens is 2. The number of unbranched alkanes of at least 4 members (excludes halogenated alkanes) is 6. The SMILES string of the molecule is CCCCCCCc1ccc(C2=CCC(c3ccc(-c4ccc(CCCCC)cc4)cc3)CC2)c(F)c1Cl. The van der Waals surface area contributed by atoms with Crippen molar-refractivity contribution in [2.24, 2.45) is 0 Å². The molecule has 0 bridgehead atoms. The highest BCUT2D eigenvalue weighted by Gasteiger charge is 2.21. The molecule has 3 aromatic rings. The van der Waals surface area contributed by atoms with Gasteiger partial charge in [-0.25, -0.2) is 4.39 Å². The van der Waals surface area contributed by atoms with Crippen molar-refractivity contribution in [2.45, 2.75) is 103 Å². The summed E-state index contributed by atoms with van der Waals surface area (Å²) in [6, 6.07) is 22.1. The zero-order valence-corrected chi connectivity index (χ0v) is 24.1. The van der Waals surface area contributed by atoms with Gasteiger partial charge in [-0.05, 0) is 84.3 Å². The molecule has 4 rings (SSSR count). The molecule has 1 atom stereocenters. The van der Waals surface area contributed by atoms with Gasteiger partial charge in [0.1, 0.15) is 5.82 Å². The lowest BCUT2D eigenvalue weighted by atomic mass is 9.82. The minimum Gasteiger partial charge on any atom is -0.205 e. The molecule has 0 fully saturated rings. The van der Waals surface area contributed by atoms with E-state index in [1.165, 1.54) is 73.6 Å². The maximum atomic E-state index is 15.2. The van der Waals surface area contributed by atoms with Crippen molar-refractivity contribution >= 4 is 17.2 Å². The summed E-state index contributed by atoms with van der Waals surface area (Å²) in [7, 11) is 0. The molecule has 0 aliphatic heterocycles. The zero-order valence-electron chi connectivity index (χ0n) is 23.4. The van der Waals surface area contributed by atoms with Crippen molar-refractivity contribution in [3.63, 3.8) is 0 Å². The van der Waals surface area contributed by atoms with Gasteiger partial charge in [-0.2, -0.15) is 0 Å². The van der Waals surface area contributed by atoms with E-state index in [0.29, 0.717) is 16.5 Å². The van der Waals surface area contributed by atoms with Crippen LogP contribution in [0.5, 0.6) is 0 Å². The van der Waals surface area contributed by atoms with E-state index in [1.54, 1.807) is 0 Å². The van der Waals surface area contributed by atoms with Gasteiger partial charge in [0.05, 0.1) is 5.02 Å². The second kappa shape index (κ2) is 14.7. The van der Waals surface area contributed by atoms with Gasteiger partial charge in [0.2, 0.25) is 0 Å². The first-order valence-electron chi connectivity index (χ1n) is 15.0. The minimum atomic E-state index is -0.233. The highest BCUT2D eigenvalue weighted by Crippen LogP contribution is 2.39. The normalized spacial score (nSPS) is 15.5. The first-order valence-corrected chi connectivity index (χ1v) is 15.3. The predicted octanol–water partition coefficient (Wildman–Crippen LogP) is 11.7. The number of benzene rings is 3. The van der Waals surface area contributed by atoms with Crippen LogP contribution in [0.25, 0.3) is 16.7 Å². The molecular weight excluding hydrogens is 487 g/mol. The Morgan fingerprint density at radius 3 is 2.03 bits per heavy atom. The average Bonchev–Trinajstić information content (AvgIpc) is 2.96. The first-order chi connectivity index (χ1) is 18.6. The van der Waals surface area contributed by atoms with Gasteiger partial charge in [0, 0.05) is 5.56 Å². The van der Waals surface area contributed by atoms with Gasteiger partial charge >= 0.3 is 0 Å². The quantitative estimate of drug-likeness (QED) is 0.193. The van der Waals surface area contributed by atoms with Crippen LogP contribution in [0.3, 0.4) is 0 Å². The second-order valence-electron chi connectivity index (χ2n) is 11.0. The van der Waals surface area contributed by atoms with Crippen molar-refractivity contribution in [1.82, 2.24) is 0 Å². The summed E-state index contributed by atoms with van der Waals surface area (Å²) in [6.07, 6.45) is 17.0. The van der Waals surface area contributed by atoms with E-state index in [-0.39, 0.29) is 5.82 Å². The fourth-order valence-electron chi connectivity index (χ4n) is 5.72. The minimum absolute atomic E-state index is 0.233. The molecule has 0 N–H and O–H groups in total. The summed E-state index contributed by atoms with van der Waals surface area (Å²) in [6.45, 7) is 4.47. The molecular formula is C36H44ClF. The van der Waals surface area contributed by atoms with Crippen LogP contribution in [0.4, 0.5) is 4.39 Å². The van der Waals surface area contributed by atoms with Crippen LogP contribution >= 0.6 is 11.6 Å². The van der Waals surface area contributed by atoms with Crippen molar-refractivity contribution in [2.75, 3.05) is 0 Å². The Labute approximate surface area is 235 Å². The molecule has 1 aliphatic carbocycles. The molecule has 0 saturated carbocycles. The Kier molecular flexibility index (Phi) is 11.1. The Hall–Kier alpha value is -2.38. The summed E-state index contributed by atoms with van der Waals surface area (Å²) in [5.41, 5.74) is 8.09. The lowest BCUT2D eigenvalue weighted by molar-refractivity contribution is 0.602. The maximum absolute atomic E-state index is 15.2. The Morgan fingerprint density at radius 1 is 0.737 bits per heavy atom. The third kappa shape index (κ3) is 7.60. The summed E-state index contributed by atoms with van der Waals surface area (Å²) in [5.74, 6) is 0.248.